The molecule has 0 aliphatic carbocycles. The van der Waals surface area contributed by atoms with Gasteiger partial charge in [-0.05, 0) is 31.7 Å². The second-order valence-electron chi connectivity index (χ2n) is 5.16. The Hall–Kier alpha value is -2.21. The lowest BCUT2D eigenvalue weighted by atomic mass is 10.3. The molecule has 0 saturated carbocycles. The Morgan fingerprint density at radius 3 is 2.90 bits per heavy atom. The monoisotopic (exact) mass is 288 g/mol. The lowest BCUT2D eigenvalue weighted by molar-refractivity contribution is 0.261. The van der Waals surface area contributed by atoms with Crippen LogP contribution in [0.4, 0.5) is 4.39 Å². The van der Waals surface area contributed by atoms with E-state index in [9.17, 15) is 4.39 Å². The Bertz CT molecular complexity index is 749. The number of fused-ring (bicyclic) bond motifs is 1. The lowest BCUT2D eigenvalue weighted by Crippen LogP contribution is -2.17. The first-order valence-electron chi connectivity index (χ1n) is 6.91. The van der Waals surface area contributed by atoms with E-state index in [2.05, 4.69) is 20.0 Å². The highest BCUT2D eigenvalue weighted by Gasteiger charge is 2.10. The van der Waals surface area contributed by atoms with Crippen LogP contribution in [0.1, 0.15) is 24.2 Å². The molecule has 5 nitrogen and oxygen atoms in total. The van der Waals surface area contributed by atoms with Gasteiger partial charge in [0.05, 0.1) is 29.8 Å². The van der Waals surface area contributed by atoms with Gasteiger partial charge in [-0.2, -0.15) is 0 Å². The number of nitrogens with zero attached hydrogens (tertiary/aromatic N) is 3. The van der Waals surface area contributed by atoms with Crippen LogP contribution >= 0.6 is 0 Å². The predicted molar refractivity (Wildman–Crippen MR) is 77.1 cm³/mol. The van der Waals surface area contributed by atoms with Crippen LogP contribution in [0, 0.1) is 5.82 Å². The molecule has 0 amide bonds. The number of hydrogen-bond donors (Lipinski definition) is 1. The van der Waals surface area contributed by atoms with Gasteiger partial charge in [0.25, 0.3) is 0 Å². The molecule has 0 atom stereocenters. The van der Waals surface area contributed by atoms with Crippen molar-refractivity contribution < 1.29 is 8.91 Å². The van der Waals surface area contributed by atoms with Crippen molar-refractivity contribution in [3.8, 4) is 0 Å². The van der Waals surface area contributed by atoms with Crippen molar-refractivity contribution in [3.63, 3.8) is 0 Å². The summed E-state index contributed by atoms with van der Waals surface area (Å²) in [4.78, 5) is 9.64. The van der Waals surface area contributed by atoms with E-state index in [0.29, 0.717) is 18.6 Å². The molecule has 0 unspecified atom stereocenters. The van der Waals surface area contributed by atoms with E-state index in [1.165, 1.54) is 12.1 Å². The van der Waals surface area contributed by atoms with E-state index in [0.717, 1.165) is 29.2 Å². The summed E-state index contributed by atoms with van der Waals surface area (Å²) in [5.41, 5.74) is 2.44. The number of halogens is 1. The molecular weight excluding hydrogens is 271 g/mol. The van der Waals surface area contributed by atoms with E-state index < -0.39 is 0 Å². The third-order valence-electron chi connectivity index (χ3n) is 3.31. The minimum Gasteiger partial charge on any atom is -0.360 e. The van der Waals surface area contributed by atoms with Gasteiger partial charge >= 0.3 is 0 Å². The first kappa shape index (κ1) is 13.8. The molecule has 1 aromatic carbocycles. The second-order valence-corrected chi connectivity index (χ2v) is 5.16. The highest BCUT2D eigenvalue weighted by molar-refractivity contribution is 5.74. The maximum atomic E-state index is 13.2. The third-order valence-corrected chi connectivity index (χ3v) is 3.31. The van der Waals surface area contributed by atoms with Crippen LogP contribution < -0.4 is 0 Å². The van der Waals surface area contributed by atoms with Crippen molar-refractivity contribution >= 4 is 11.0 Å². The van der Waals surface area contributed by atoms with Crippen molar-refractivity contribution in [2.45, 2.75) is 26.4 Å². The molecule has 0 spiro atoms. The topological polar surface area (TPSA) is 58.0 Å². The number of H-pyrrole nitrogens is 1. The molecule has 2 aromatic heterocycles. The number of imidazole rings is 1. The summed E-state index contributed by atoms with van der Waals surface area (Å²) in [7, 11) is 1.97. The molecule has 0 bridgehead atoms. The summed E-state index contributed by atoms with van der Waals surface area (Å²) in [6.45, 7) is 3.32. The fourth-order valence-corrected chi connectivity index (χ4v) is 2.28. The average molecular weight is 288 g/mol. The minimum atomic E-state index is -0.264. The molecule has 0 radical (unpaired) electrons. The third kappa shape index (κ3) is 3.11. The molecule has 0 saturated heterocycles. The summed E-state index contributed by atoms with van der Waals surface area (Å²) < 4.78 is 18.4. The van der Waals surface area contributed by atoms with Gasteiger partial charge in [-0.25, -0.2) is 9.37 Å². The first-order valence-corrected chi connectivity index (χ1v) is 6.91. The van der Waals surface area contributed by atoms with E-state index in [4.69, 9.17) is 4.52 Å². The molecular formula is C15H17FN4O. The molecule has 110 valence electrons. The molecule has 21 heavy (non-hydrogen) atoms. The second kappa shape index (κ2) is 5.65. The molecule has 3 rings (SSSR count). The van der Waals surface area contributed by atoms with Crippen molar-refractivity contribution in [1.82, 2.24) is 20.0 Å². The van der Waals surface area contributed by atoms with Gasteiger partial charge in [0.15, 0.2) is 5.76 Å². The van der Waals surface area contributed by atoms with Crippen LogP contribution in [0.5, 0.6) is 0 Å². The van der Waals surface area contributed by atoms with Gasteiger partial charge in [0.1, 0.15) is 11.6 Å². The van der Waals surface area contributed by atoms with Crippen molar-refractivity contribution in [3.05, 3.63) is 47.4 Å². The summed E-state index contributed by atoms with van der Waals surface area (Å²) in [5.74, 6) is 1.37. The number of aromatic amines is 1. The van der Waals surface area contributed by atoms with Gasteiger partial charge < -0.3 is 9.51 Å². The molecule has 6 heteroatoms. The van der Waals surface area contributed by atoms with Crippen molar-refractivity contribution in [2.75, 3.05) is 7.05 Å². The van der Waals surface area contributed by atoms with Gasteiger partial charge in [-0.3, -0.25) is 4.90 Å². The zero-order valence-electron chi connectivity index (χ0n) is 12.1. The minimum absolute atomic E-state index is 0.264. The standard InChI is InChI=1S/C15H17FN4O/c1-3-11-7-12(21-19-11)8-20(2)9-15-17-13-5-4-10(16)6-14(13)18-15/h4-7H,3,8-9H2,1-2H3,(H,17,18). The van der Waals surface area contributed by atoms with Crippen LogP contribution in [-0.2, 0) is 19.5 Å². The Labute approximate surface area is 121 Å². The van der Waals surface area contributed by atoms with Crippen molar-refractivity contribution in [2.24, 2.45) is 0 Å². The summed E-state index contributed by atoms with van der Waals surface area (Å²) in [5, 5.41) is 3.97. The van der Waals surface area contributed by atoms with Crippen LogP contribution in [0.2, 0.25) is 0 Å². The zero-order chi connectivity index (χ0) is 14.8. The van der Waals surface area contributed by atoms with Crippen LogP contribution in [0.25, 0.3) is 11.0 Å². The fourth-order valence-electron chi connectivity index (χ4n) is 2.28. The highest BCUT2D eigenvalue weighted by Crippen LogP contribution is 2.14. The van der Waals surface area contributed by atoms with Crippen molar-refractivity contribution in [1.29, 1.82) is 0 Å². The van der Waals surface area contributed by atoms with Crippen LogP contribution in [0.15, 0.2) is 28.8 Å². The molecule has 0 fully saturated rings. The Balaban J connectivity index is 1.69. The Kier molecular flexibility index (Phi) is 3.70. The van der Waals surface area contributed by atoms with E-state index in [1.54, 1.807) is 6.07 Å². The quantitative estimate of drug-likeness (QED) is 0.784. The van der Waals surface area contributed by atoms with Crippen LogP contribution in [0.3, 0.4) is 0 Å². The summed E-state index contributed by atoms with van der Waals surface area (Å²) in [6, 6.07) is 6.51. The largest absolute Gasteiger partial charge is 0.360 e. The fraction of sp³-hybridized carbons (Fsp3) is 0.333. The SMILES string of the molecule is CCc1cc(CN(C)Cc2nc3ccc(F)cc3[nH]2)on1. The number of nitrogens with one attached hydrogen (secondary N) is 1. The lowest BCUT2D eigenvalue weighted by Gasteiger charge is -2.12. The zero-order valence-corrected chi connectivity index (χ0v) is 12.1. The number of hydrogen-bond acceptors (Lipinski definition) is 4. The molecule has 2 heterocycles. The smallest absolute Gasteiger partial charge is 0.150 e. The Morgan fingerprint density at radius 1 is 1.29 bits per heavy atom. The number of benzene rings is 1. The molecule has 1 N–H and O–H groups in total. The predicted octanol–water partition coefficient (Wildman–Crippen LogP) is 2.88. The van der Waals surface area contributed by atoms with E-state index in [1.807, 2.05) is 20.0 Å². The van der Waals surface area contributed by atoms with Gasteiger partial charge in [0, 0.05) is 6.07 Å². The molecule has 3 aromatic rings. The highest BCUT2D eigenvalue weighted by atomic mass is 19.1. The maximum Gasteiger partial charge on any atom is 0.150 e. The summed E-state index contributed by atoms with van der Waals surface area (Å²) >= 11 is 0. The van der Waals surface area contributed by atoms with Gasteiger partial charge in [0.2, 0.25) is 0 Å². The average Bonchev–Trinajstić information content (AvgIpc) is 3.04. The normalized spacial score (nSPS) is 11.6. The molecule has 0 aliphatic rings. The van der Waals surface area contributed by atoms with Gasteiger partial charge in [-0.1, -0.05) is 12.1 Å². The number of rotatable bonds is 5. The summed E-state index contributed by atoms with van der Waals surface area (Å²) in [6.07, 6.45) is 0.863. The first-order chi connectivity index (χ1) is 10.1. The maximum absolute atomic E-state index is 13.2. The number of aryl methyl sites for hydroxylation is 1. The van der Waals surface area contributed by atoms with Crippen LogP contribution in [-0.4, -0.2) is 27.1 Å². The van der Waals surface area contributed by atoms with Gasteiger partial charge in [-0.15, -0.1) is 0 Å². The number of aromatic nitrogens is 3. The van der Waals surface area contributed by atoms with E-state index in [-0.39, 0.29) is 5.82 Å². The molecule has 0 aliphatic heterocycles. The Morgan fingerprint density at radius 2 is 2.14 bits per heavy atom. The van der Waals surface area contributed by atoms with E-state index >= 15 is 0 Å².